The van der Waals surface area contributed by atoms with E-state index < -0.39 is 6.10 Å². The number of rotatable bonds is 38. The lowest BCUT2D eigenvalue weighted by molar-refractivity contribution is -0.161. The highest BCUT2D eigenvalue weighted by Crippen LogP contribution is 2.15. The SMILES string of the molecule is CCCCCCCCCCCCCCCCCCCC/C=C/CCCC(=O)OC[C@H](CO)OC(=O)CCCCCCCCCCCC. The Balaban J connectivity index is 3.48. The largest absolute Gasteiger partial charge is 0.462 e. The second-order valence-corrected chi connectivity index (χ2v) is 14.1. The van der Waals surface area contributed by atoms with Crippen LogP contribution >= 0.6 is 0 Å². The van der Waals surface area contributed by atoms with Crippen molar-refractivity contribution in [1.29, 1.82) is 0 Å². The van der Waals surface area contributed by atoms with Gasteiger partial charge in [-0.15, -0.1) is 0 Å². The van der Waals surface area contributed by atoms with Crippen LogP contribution in [0.1, 0.15) is 226 Å². The summed E-state index contributed by atoms with van der Waals surface area (Å²) in [5, 5.41) is 9.52. The van der Waals surface area contributed by atoms with Gasteiger partial charge in [0.15, 0.2) is 6.10 Å². The van der Waals surface area contributed by atoms with Gasteiger partial charge in [-0.3, -0.25) is 9.59 Å². The molecule has 0 radical (unpaired) electrons. The molecule has 0 aliphatic carbocycles. The molecule has 0 spiro atoms. The number of carbonyl (C=O) groups excluding carboxylic acids is 2. The van der Waals surface area contributed by atoms with Gasteiger partial charge in [-0.1, -0.05) is 193 Å². The first kappa shape index (κ1) is 45.6. The number of aliphatic hydroxyl groups excluding tert-OH is 1. The molecule has 0 heterocycles. The summed E-state index contributed by atoms with van der Waals surface area (Å²) in [6.07, 6.45) is 44.4. The number of unbranched alkanes of at least 4 members (excludes halogenated alkanes) is 28. The molecule has 0 aromatic rings. The van der Waals surface area contributed by atoms with Crippen LogP contribution in [0.4, 0.5) is 0 Å². The Morgan fingerprint density at radius 2 is 0.809 bits per heavy atom. The van der Waals surface area contributed by atoms with Crippen molar-refractivity contribution in [3.8, 4) is 0 Å². The fourth-order valence-electron chi connectivity index (χ4n) is 6.15. The van der Waals surface area contributed by atoms with Crippen LogP contribution in [0.3, 0.4) is 0 Å². The predicted octanol–water partition coefficient (Wildman–Crippen LogP) is 12.9. The van der Waals surface area contributed by atoms with Crippen molar-refractivity contribution < 1.29 is 24.2 Å². The third-order valence-electron chi connectivity index (χ3n) is 9.31. The molecule has 0 aliphatic heterocycles. The topological polar surface area (TPSA) is 72.8 Å². The van der Waals surface area contributed by atoms with E-state index in [1.807, 2.05) is 0 Å². The molecule has 1 N–H and O–H groups in total. The van der Waals surface area contributed by atoms with E-state index in [9.17, 15) is 14.7 Å². The van der Waals surface area contributed by atoms with E-state index in [2.05, 4.69) is 26.0 Å². The van der Waals surface area contributed by atoms with E-state index in [0.29, 0.717) is 12.8 Å². The van der Waals surface area contributed by atoms with Crippen LogP contribution < -0.4 is 0 Å². The molecule has 0 aromatic carbocycles. The Hall–Kier alpha value is -1.36. The van der Waals surface area contributed by atoms with Crippen molar-refractivity contribution in [3.63, 3.8) is 0 Å². The summed E-state index contributed by atoms with van der Waals surface area (Å²) in [5.74, 6) is -0.620. The predicted molar refractivity (Wildman–Crippen MR) is 201 cm³/mol. The molecule has 0 aromatic heterocycles. The zero-order valence-corrected chi connectivity index (χ0v) is 31.6. The number of aliphatic hydroxyl groups is 1. The smallest absolute Gasteiger partial charge is 0.306 e. The van der Waals surface area contributed by atoms with Crippen molar-refractivity contribution in [2.24, 2.45) is 0 Å². The van der Waals surface area contributed by atoms with Crippen molar-refractivity contribution in [2.45, 2.75) is 232 Å². The first-order valence-corrected chi connectivity index (χ1v) is 20.7. The number of allylic oxidation sites excluding steroid dienone is 2. The monoisotopic (exact) mass is 665 g/mol. The molecule has 5 heteroatoms. The Bertz CT molecular complexity index is 676. The summed E-state index contributed by atoms with van der Waals surface area (Å²) >= 11 is 0. The molecule has 1 atom stereocenters. The van der Waals surface area contributed by atoms with E-state index in [0.717, 1.165) is 38.5 Å². The quantitative estimate of drug-likeness (QED) is 0.0404. The van der Waals surface area contributed by atoms with E-state index in [4.69, 9.17) is 9.47 Å². The van der Waals surface area contributed by atoms with Gasteiger partial charge in [0.05, 0.1) is 6.61 Å². The molecular weight excluding hydrogens is 584 g/mol. The summed E-state index contributed by atoms with van der Waals surface area (Å²) in [7, 11) is 0. The van der Waals surface area contributed by atoms with Crippen LogP contribution in [0.15, 0.2) is 12.2 Å². The van der Waals surface area contributed by atoms with Gasteiger partial charge in [-0.25, -0.2) is 0 Å². The molecule has 0 unspecified atom stereocenters. The minimum Gasteiger partial charge on any atom is -0.462 e. The number of hydrogen-bond acceptors (Lipinski definition) is 5. The zero-order valence-electron chi connectivity index (χ0n) is 31.6. The van der Waals surface area contributed by atoms with Gasteiger partial charge in [-0.2, -0.15) is 0 Å². The summed E-state index contributed by atoms with van der Waals surface area (Å²) in [4.78, 5) is 24.2. The number of carbonyl (C=O) groups is 2. The maximum absolute atomic E-state index is 12.1. The minimum absolute atomic E-state index is 0.0751. The normalized spacial score (nSPS) is 12.1. The summed E-state index contributed by atoms with van der Waals surface area (Å²) in [6, 6.07) is 0. The van der Waals surface area contributed by atoms with Gasteiger partial charge in [0, 0.05) is 12.8 Å². The maximum Gasteiger partial charge on any atom is 0.306 e. The molecule has 0 aliphatic rings. The molecule has 0 rings (SSSR count). The summed E-state index contributed by atoms with van der Waals surface area (Å²) < 4.78 is 10.6. The molecule has 0 saturated carbocycles. The second kappa shape index (κ2) is 39.1. The van der Waals surface area contributed by atoms with Crippen molar-refractivity contribution in [1.82, 2.24) is 0 Å². The van der Waals surface area contributed by atoms with Crippen molar-refractivity contribution in [2.75, 3.05) is 13.2 Å². The van der Waals surface area contributed by atoms with Crippen LogP contribution in [-0.4, -0.2) is 36.4 Å². The molecule has 0 bridgehead atoms. The average molecular weight is 665 g/mol. The first-order chi connectivity index (χ1) is 23.1. The van der Waals surface area contributed by atoms with Crippen LogP contribution in [0.25, 0.3) is 0 Å². The van der Waals surface area contributed by atoms with Crippen LogP contribution in [0.5, 0.6) is 0 Å². The average Bonchev–Trinajstić information content (AvgIpc) is 3.07. The van der Waals surface area contributed by atoms with Gasteiger partial charge in [-0.05, 0) is 32.1 Å². The zero-order chi connectivity index (χ0) is 34.3. The fraction of sp³-hybridized carbons (Fsp3) is 0.905. The Morgan fingerprint density at radius 3 is 1.21 bits per heavy atom. The van der Waals surface area contributed by atoms with Crippen molar-refractivity contribution >= 4 is 11.9 Å². The van der Waals surface area contributed by atoms with Gasteiger partial charge in [0.2, 0.25) is 0 Å². The number of hydrogen-bond donors (Lipinski definition) is 1. The lowest BCUT2D eigenvalue weighted by Crippen LogP contribution is -2.28. The van der Waals surface area contributed by atoms with Crippen LogP contribution in [-0.2, 0) is 19.1 Å². The molecular formula is C42H80O5. The Kier molecular flexibility index (Phi) is 38.0. The van der Waals surface area contributed by atoms with Gasteiger partial charge < -0.3 is 14.6 Å². The van der Waals surface area contributed by atoms with E-state index in [-0.39, 0.29) is 25.2 Å². The van der Waals surface area contributed by atoms with Gasteiger partial charge in [0.1, 0.15) is 6.61 Å². The van der Waals surface area contributed by atoms with Crippen LogP contribution in [0.2, 0.25) is 0 Å². The first-order valence-electron chi connectivity index (χ1n) is 20.7. The third kappa shape index (κ3) is 37.3. The summed E-state index contributed by atoms with van der Waals surface area (Å²) in [6.45, 7) is 4.12. The molecule has 47 heavy (non-hydrogen) atoms. The van der Waals surface area contributed by atoms with E-state index in [1.165, 1.54) is 161 Å². The van der Waals surface area contributed by atoms with Crippen LogP contribution in [0, 0.1) is 0 Å². The highest BCUT2D eigenvalue weighted by Gasteiger charge is 2.16. The second-order valence-electron chi connectivity index (χ2n) is 14.1. The molecule has 5 nitrogen and oxygen atoms in total. The third-order valence-corrected chi connectivity index (χ3v) is 9.31. The molecule has 0 fully saturated rings. The van der Waals surface area contributed by atoms with E-state index >= 15 is 0 Å². The lowest BCUT2D eigenvalue weighted by Gasteiger charge is -2.15. The fourth-order valence-corrected chi connectivity index (χ4v) is 6.15. The van der Waals surface area contributed by atoms with Gasteiger partial charge in [0.25, 0.3) is 0 Å². The maximum atomic E-state index is 12.1. The number of esters is 2. The molecule has 0 amide bonds. The van der Waals surface area contributed by atoms with Crippen molar-refractivity contribution in [3.05, 3.63) is 12.2 Å². The Morgan fingerprint density at radius 1 is 0.468 bits per heavy atom. The molecule has 0 saturated heterocycles. The Labute approximate surface area is 292 Å². The molecule has 278 valence electrons. The van der Waals surface area contributed by atoms with Gasteiger partial charge >= 0.3 is 11.9 Å². The van der Waals surface area contributed by atoms with E-state index in [1.54, 1.807) is 0 Å². The highest BCUT2D eigenvalue weighted by atomic mass is 16.6. The number of ether oxygens (including phenoxy) is 2. The standard InChI is InChI=1S/C42H80O5/c1-3-5-7-9-11-13-15-16-17-18-19-20-21-22-23-24-25-26-27-29-30-32-34-36-41(44)46-39-40(38-43)47-42(45)37-35-33-31-28-14-12-10-8-6-4-2/h29-30,40,43H,3-28,31-39H2,1-2H3/b30-29+/t40-/m0/s1. The lowest BCUT2D eigenvalue weighted by atomic mass is 10.0. The highest BCUT2D eigenvalue weighted by molar-refractivity contribution is 5.70. The summed E-state index contributed by atoms with van der Waals surface area (Å²) in [5.41, 5.74) is 0. The minimum atomic E-state index is -0.774.